The predicted octanol–water partition coefficient (Wildman–Crippen LogP) is 3.37. The monoisotopic (exact) mass is 203 g/mol. The molecule has 1 fully saturated rings. The third-order valence-corrected chi connectivity index (χ3v) is 3.08. The minimum Gasteiger partial charge on any atom is -0.310 e. The second-order valence-corrected chi connectivity index (χ2v) is 5.00. The molecule has 0 saturated heterocycles. The largest absolute Gasteiger partial charge is 0.310 e. The Bertz CT molecular complexity index is 337. The Morgan fingerprint density at radius 2 is 2.07 bits per heavy atom. The summed E-state index contributed by atoms with van der Waals surface area (Å²) in [5.74, 6) is 0.865. The van der Waals surface area contributed by atoms with Crippen LogP contribution in [0.1, 0.15) is 49.3 Å². The van der Waals surface area contributed by atoms with Crippen molar-refractivity contribution in [1.29, 1.82) is 0 Å². The minimum atomic E-state index is 0.565. The average molecular weight is 203 g/mol. The fraction of sp³-hybridized carbons (Fsp3) is 0.571. The molecule has 15 heavy (non-hydrogen) atoms. The van der Waals surface area contributed by atoms with Gasteiger partial charge in [-0.25, -0.2) is 0 Å². The highest BCUT2D eigenvalue weighted by Crippen LogP contribution is 2.41. The van der Waals surface area contributed by atoms with Gasteiger partial charge in [0.1, 0.15) is 0 Å². The maximum Gasteiger partial charge on any atom is 0.0207 e. The molecular formula is C14H21N. The van der Waals surface area contributed by atoms with Crippen LogP contribution in [0.3, 0.4) is 0 Å². The van der Waals surface area contributed by atoms with Gasteiger partial charge in [-0.05, 0) is 42.4 Å². The fourth-order valence-corrected chi connectivity index (χ4v) is 1.96. The maximum absolute atomic E-state index is 3.47. The molecule has 1 aliphatic carbocycles. The van der Waals surface area contributed by atoms with Gasteiger partial charge in [-0.3, -0.25) is 0 Å². The van der Waals surface area contributed by atoms with Crippen molar-refractivity contribution in [3.8, 4) is 0 Å². The van der Waals surface area contributed by atoms with E-state index in [4.69, 9.17) is 0 Å². The van der Waals surface area contributed by atoms with Gasteiger partial charge in [-0.15, -0.1) is 0 Å². The van der Waals surface area contributed by atoms with Gasteiger partial charge in [-0.2, -0.15) is 0 Å². The van der Waals surface area contributed by atoms with Crippen LogP contribution in [-0.4, -0.2) is 6.04 Å². The highest BCUT2D eigenvalue weighted by Gasteiger charge is 2.24. The highest BCUT2D eigenvalue weighted by atomic mass is 14.9. The van der Waals surface area contributed by atoms with Crippen molar-refractivity contribution in [2.24, 2.45) is 0 Å². The summed E-state index contributed by atoms with van der Waals surface area (Å²) in [6.07, 6.45) is 2.78. The quantitative estimate of drug-likeness (QED) is 0.791. The molecule has 0 amide bonds. The molecular weight excluding hydrogens is 182 g/mol. The lowest BCUT2D eigenvalue weighted by Gasteiger charge is -2.11. The van der Waals surface area contributed by atoms with Gasteiger partial charge in [-0.1, -0.05) is 32.0 Å². The predicted molar refractivity (Wildman–Crippen MR) is 65.1 cm³/mol. The summed E-state index contributed by atoms with van der Waals surface area (Å²) in [6, 6.07) is 7.47. The van der Waals surface area contributed by atoms with Crippen LogP contribution in [0.25, 0.3) is 0 Å². The third-order valence-electron chi connectivity index (χ3n) is 3.08. The lowest BCUT2D eigenvalue weighted by molar-refractivity contribution is 0.588. The molecule has 1 aromatic carbocycles. The number of nitrogens with one attached hydrogen (secondary N) is 1. The van der Waals surface area contributed by atoms with Crippen molar-refractivity contribution >= 4 is 0 Å². The first-order valence-electron chi connectivity index (χ1n) is 5.99. The zero-order valence-corrected chi connectivity index (χ0v) is 10.0. The number of benzene rings is 1. The molecule has 0 bridgehead atoms. The van der Waals surface area contributed by atoms with Crippen LogP contribution >= 0.6 is 0 Å². The molecule has 1 aliphatic rings. The van der Waals surface area contributed by atoms with E-state index in [9.17, 15) is 0 Å². The zero-order chi connectivity index (χ0) is 10.8. The van der Waals surface area contributed by atoms with E-state index in [2.05, 4.69) is 44.3 Å². The molecule has 1 N–H and O–H groups in total. The van der Waals surface area contributed by atoms with Crippen LogP contribution < -0.4 is 5.32 Å². The Hall–Kier alpha value is -0.820. The number of rotatable bonds is 4. The van der Waals surface area contributed by atoms with Crippen molar-refractivity contribution in [1.82, 2.24) is 5.32 Å². The topological polar surface area (TPSA) is 12.0 Å². The smallest absolute Gasteiger partial charge is 0.0207 e. The molecule has 2 rings (SSSR count). The van der Waals surface area contributed by atoms with Gasteiger partial charge in [0.25, 0.3) is 0 Å². The van der Waals surface area contributed by atoms with E-state index in [-0.39, 0.29) is 0 Å². The molecule has 0 spiro atoms. The van der Waals surface area contributed by atoms with Crippen LogP contribution in [0.15, 0.2) is 18.2 Å². The summed E-state index contributed by atoms with van der Waals surface area (Å²) in [5, 5.41) is 3.47. The Kier molecular flexibility index (Phi) is 3.11. The SMILES string of the molecule is Cc1ccc(CNC(C)C)cc1C1CC1. The molecule has 0 aliphatic heterocycles. The number of hydrogen-bond acceptors (Lipinski definition) is 1. The highest BCUT2D eigenvalue weighted by molar-refractivity contribution is 5.36. The number of aryl methyl sites for hydroxylation is 1. The summed E-state index contributed by atoms with van der Waals surface area (Å²) in [6.45, 7) is 7.61. The minimum absolute atomic E-state index is 0.565. The van der Waals surface area contributed by atoms with Crippen molar-refractivity contribution in [3.05, 3.63) is 34.9 Å². The molecule has 1 nitrogen and oxygen atoms in total. The van der Waals surface area contributed by atoms with E-state index in [0.29, 0.717) is 6.04 Å². The molecule has 1 aromatic rings. The molecule has 82 valence electrons. The molecule has 1 saturated carbocycles. The fourth-order valence-electron chi connectivity index (χ4n) is 1.96. The second-order valence-electron chi connectivity index (χ2n) is 5.00. The van der Waals surface area contributed by atoms with Crippen molar-refractivity contribution < 1.29 is 0 Å². The summed E-state index contributed by atoms with van der Waals surface area (Å²) in [7, 11) is 0. The molecule has 0 aromatic heterocycles. The van der Waals surface area contributed by atoms with Crippen LogP contribution in [0.4, 0.5) is 0 Å². The maximum atomic E-state index is 3.47. The lowest BCUT2D eigenvalue weighted by Crippen LogP contribution is -2.21. The van der Waals surface area contributed by atoms with Gasteiger partial charge >= 0.3 is 0 Å². The standard InChI is InChI=1S/C14H21N/c1-10(2)15-9-12-5-4-11(3)14(8-12)13-6-7-13/h4-5,8,10,13,15H,6-7,9H2,1-3H3. The Morgan fingerprint density at radius 3 is 2.67 bits per heavy atom. The molecule has 0 heterocycles. The van der Waals surface area contributed by atoms with E-state index in [0.717, 1.165) is 12.5 Å². The summed E-state index contributed by atoms with van der Waals surface area (Å²) >= 11 is 0. The molecule has 0 radical (unpaired) electrons. The Balaban J connectivity index is 2.08. The zero-order valence-electron chi connectivity index (χ0n) is 10.0. The lowest BCUT2D eigenvalue weighted by atomic mass is 10.0. The van der Waals surface area contributed by atoms with Crippen molar-refractivity contribution in [2.75, 3.05) is 0 Å². The Morgan fingerprint density at radius 1 is 1.33 bits per heavy atom. The van der Waals surface area contributed by atoms with Gasteiger partial charge in [0.15, 0.2) is 0 Å². The van der Waals surface area contributed by atoms with E-state index >= 15 is 0 Å². The normalized spacial score (nSPS) is 16.0. The first kappa shape index (κ1) is 10.7. The second kappa shape index (κ2) is 4.36. The first-order chi connectivity index (χ1) is 7.16. The van der Waals surface area contributed by atoms with Gasteiger partial charge in [0, 0.05) is 12.6 Å². The Labute approximate surface area is 92.9 Å². The molecule has 0 unspecified atom stereocenters. The average Bonchev–Trinajstić information content (AvgIpc) is 3.00. The van der Waals surface area contributed by atoms with E-state index in [1.54, 1.807) is 5.56 Å². The van der Waals surface area contributed by atoms with Gasteiger partial charge in [0.05, 0.1) is 0 Å². The van der Waals surface area contributed by atoms with Crippen LogP contribution in [0.5, 0.6) is 0 Å². The summed E-state index contributed by atoms with van der Waals surface area (Å²) in [5.41, 5.74) is 4.47. The summed E-state index contributed by atoms with van der Waals surface area (Å²) in [4.78, 5) is 0. The first-order valence-corrected chi connectivity index (χ1v) is 5.99. The van der Waals surface area contributed by atoms with Crippen LogP contribution in [-0.2, 0) is 6.54 Å². The van der Waals surface area contributed by atoms with E-state index in [1.807, 2.05) is 0 Å². The van der Waals surface area contributed by atoms with Crippen molar-refractivity contribution in [2.45, 2.75) is 52.1 Å². The summed E-state index contributed by atoms with van der Waals surface area (Å²) < 4.78 is 0. The van der Waals surface area contributed by atoms with Crippen LogP contribution in [0.2, 0.25) is 0 Å². The van der Waals surface area contributed by atoms with Crippen molar-refractivity contribution in [3.63, 3.8) is 0 Å². The van der Waals surface area contributed by atoms with E-state index in [1.165, 1.54) is 24.0 Å². The van der Waals surface area contributed by atoms with Gasteiger partial charge in [0.2, 0.25) is 0 Å². The number of hydrogen-bond donors (Lipinski definition) is 1. The molecule has 0 atom stereocenters. The van der Waals surface area contributed by atoms with E-state index < -0.39 is 0 Å². The van der Waals surface area contributed by atoms with Crippen LogP contribution in [0, 0.1) is 6.92 Å². The molecule has 1 heteroatoms. The third kappa shape index (κ3) is 2.82. The van der Waals surface area contributed by atoms with Gasteiger partial charge < -0.3 is 5.32 Å².